The standard InChI is InChI=1S/C19H18FN5O3/c1-10-11(2)25-15-16(22(3)19(28)23(4)17(15)27)21-18(25)24(10)9-14(26)12-5-7-13(20)8-6-12/h5-8H,9H2,1-4H3. The van der Waals surface area contributed by atoms with Gasteiger partial charge in [-0.15, -0.1) is 0 Å². The van der Waals surface area contributed by atoms with Gasteiger partial charge in [0.2, 0.25) is 5.78 Å². The SMILES string of the molecule is Cc1c(C)n2c3c(=O)n(C)c(=O)n(C)c3nc2n1CC(=O)c1ccc(F)cc1. The lowest BCUT2D eigenvalue weighted by atomic mass is 10.1. The molecule has 0 unspecified atom stereocenters. The van der Waals surface area contributed by atoms with Crippen LogP contribution in [0.3, 0.4) is 0 Å². The topological polar surface area (TPSA) is 83.3 Å². The lowest BCUT2D eigenvalue weighted by Gasteiger charge is -2.06. The summed E-state index contributed by atoms with van der Waals surface area (Å²) in [7, 11) is 2.97. The Bertz CT molecular complexity index is 1390. The summed E-state index contributed by atoms with van der Waals surface area (Å²) in [6, 6.07) is 5.34. The summed E-state index contributed by atoms with van der Waals surface area (Å²) in [5.74, 6) is -0.226. The van der Waals surface area contributed by atoms with Gasteiger partial charge in [-0.25, -0.2) is 9.18 Å². The van der Waals surface area contributed by atoms with Crippen LogP contribution in [0, 0.1) is 19.7 Å². The molecule has 0 spiro atoms. The van der Waals surface area contributed by atoms with Gasteiger partial charge in [-0.3, -0.25) is 23.1 Å². The van der Waals surface area contributed by atoms with Gasteiger partial charge in [0.25, 0.3) is 5.56 Å². The average Bonchev–Trinajstić information content (AvgIpc) is 3.17. The molecule has 28 heavy (non-hydrogen) atoms. The third-order valence-electron chi connectivity index (χ3n) is 5.21. The molecule has 8 nitrogen and oxygen atoms in total. The van der Waals surface area contributed by atoms with Crippen LogP contribution in [0.5, 0.6) is 0 Å². The molecule has 0 fully saturated rings. The molecule has 144 valence electrons. The highest BCUT2D eigenvalue weighted by Gasteiger charge is 2.22. The zero-order valence-electron chi connectivity index (χ0n) is 15.9. The quantitative estimate of drug-likeness (QED) is 0.500. The van der Waals surface area contributed by atoms with Gasteiger partial charge in [0.15, 0.2) is 16.9 Å². The first kappa shape index (κ1) is 17.9. The smallest absolute Gasteiger partial charge is 0.306 e. The number of carbonyl (C=O) groups is 1. The second-order valence-electron chi connectivity index (χ2n) is 6.81. The Morgan fingerprint density at radius 3 is 2.32 bits per heavy atom. The molecule has 9 heteroatoms. The Kier molecular flexibility index (Phi) is 3.84. The van der Waals surface area contributed by atoms with Crippen LogP contribution in [-0.4, -0.2) is 28.9 Å². The Morgan fingerprint density at radius 1 is 1.04 bits per heavy atom. The van der Waals surface area contributed by atoms with Crippen molar-refractivity contribution in [3.05, 3.63) is 67.9 Å². The van der Waals surface area contributed by atoms with Crippen LogP contribution < -0.4 is 11.2 Å². The highest BCUT2D eigenvalue weighted by atomic mass is 19.1. The van der Waals surface area contributed by atoms with Gasteiger partial charge >= 0.3 is 5.69 Å². The van der Waals surface area contributed by atoms with Crippen molar-refractivity contribution in [2.45, 2.75) is 20.4 Å². The molecule has 3 heterocycles. The van der Waals surface area contributed by atoms with Crippen molar-refractivity contribution in [3.63, 3.8) is 0 Å². The average molecular weight is 383 g/mol. The second kappa shape index (κ2) is 6.01. The zero-order chi connectivity index (χ0) is 20.3. The number of nitrogens with zero attached hydrogens (tertiary/aromatic N) is 5. The van der Waals surface area contributed by atoms with Crippen molar-refractivity contribution in [2.75, 3.05) is 0 Å². The summed E-state index contributed by atoms with van der Waals surface area (Å²) in [5.41, 5.74) is 1.53. The van der Waals surface area contributed by atoms with Gasteiger partial charge < -0.3 is 4.57 Å². The lowest BCUT2D eigenvalue weighted by Crippen LogP contribution is -2.37. The van der Waals surface area contributed by atoms with Crippen molar-refractivity contribution in [2.24, 2.45) is 14.1 Å². The second-order valence-corrected chi connectivity index (χ2v) is 6.81. The molecule has 1 aromatic carbocycles. The molecular formula is C19H18FN5O3. The zero-order valence-corrected chi connectivity index (χ0v) is 15.9. The molecule has 0 bridgehead atoms. The van der Waals surface area contributed by atoms with Crippen LogP contribution in [0.15, 0.2) is 33.9 Å². The molecule has 0 aliphatic carbocycles. The Morgan fingerprint density at radius 2 is 1.68 bits per heavy atom. The van der Waals surface area contributed by atoms with E-state index in [0.717, 1.165) is 16.0 Å². The molecule has 0 saturated heterocycles. The first-order valence-corrected chi connectivity index (χ1v) is 8.65. The number of hydrogen-bond donors (Lipinski definition) is 0. The summed E-state index contributed by atoms with van der Waals surface area (Å²) in [4.78, 5) is 42.1. The normalized spacial score (nSPS) is 11.6. The number of ketones is 1. The van der Waals surface area contributed by atoms with Crippen molar-refractivity contribution in [1.82, 2.24) is 23.1 Å². The van der Waals surface area contributed by atoms with E-state index >= 15 is 0 Å². The molecule has 0 aliphatic rings. The van der Waals surface area contributed by atoms with Crippen LogP contribution in [0.4, 0.5) is 4.39 Å². The van der Waals surface area contributed by atoms with E-state index in [9.17, 15) is 18.8 Å². The predicted molar refractivity (Wildman–Crippen MR) is 101 cm³/mol. The number of imidazole rings is 2. The predicted octanol–water partition coefficient (Wildman–Crippen LogP) is 1.33. The highest BCUT2D eigenvalue weighted by Crippen LogP contribution is 2.21. The van der Waals surface area contributed by atoms with E-state index in [-0.39, 0.29) is 23.5 Å². The van der Waals surface area contributed by atoms with Gasteiger partial charge in [-0.05, 0) is 38.1 Å². The Balaban J connectivity index is 1.96. The van der Waals surface area contributed by atoms with E-state index in [1.165, 1.54) is 35.9 Å². The summed E-state index contributed by atoms with van der Waals surface area (Å²) >= 11 is 0. The van der Waals surface area contributed by atoms with Crippen molar-refractivity contribution >= 4 is 22.7 Å². The molecule has 4 rings (SSSR count). The molecule has 0 atom stereocenters. The molecule has 0 radical (unpaired) electrons. The summed E-state index contributed by atoms with van der Waals surface area (Å²) in [5, 5.41) is 0. The third kappa shape index (κ3) is 2.35. The van der Waals surface area contributed by atoms with E-state index in [4.69, 9.17) is 0 Å². The number of halogens is 1. The minimum atomic E-state index is -0.471. The Hall–Kier alpha value is -3.49. The number of benzene rings is 1. The number of Topliss-reactive ketones (excluding diaryl/α,β-unsaturated/α-hetero) is 1. The van der Waals surface area contributed by atoms with E-state index in [1.807, 2.05) is 13.8 Å². The first-order chi connectivity index (χ1) is 13.2. The van der Waals surface area contributed by atoms with Crippen LogP contribution in [0.1, 0.15) is 21.7 Å². The maximum atomic E-state index is 13.1. The highest BCUT2D eigenvalue weighted by molar-refractivity contribution is 5.96. The molecule has 0 N–H and O–H groups in total. The van der Waals surface area contributed by atoms with E-state index in [0.29, 0.717) is 11.3 Å². The fourth-order valence-electron chi connectivity index (χ4n) is 3.45. The molecule has 0 amide bonds. The minimum Gasteiger partial charge on any atom is -0.306 e. The molecular weight excluding hydrogens is 365 g/mol. The summed E-state index contributed by atoms with van der Waals surface area (Å²) < 4.78 is 18.8. The van der Waals surface area contributed by atoms with Gasteiger partial charge in [0.05, 0.1) is 6.54 Å². The van der Waals surface area contributed by atoms with Crippen molar-refractivity contribution in [1.29, 1.82) is 0 Å². The number of aryl methyl sites for hydroxylation is 2. The molecule has 0 saturated carbocycles. The number of carbonyl (C=O) groups excluding carboxylic acids is 1. The Labute approximate surface area is 158 Å². The van der Waals surface area contributed by atoms with Crippen LogP contribution in [0.25, 0.3) is 16.9 Å². The summed E-state index contributed by atoms with van der Waals surface area (Å²) in [6.07, 6.45) is 0. The van der Waals surface area contributed by atoms with Crippen LogP contribution in [-0.2, 0) is 20.6 Å². The first-order valence-electron chi connectivity index (χ1n) is 8.65. The van der Waals surface area contributed by atoms with Crippen molar-refractivity contribution < 1.29 is 9.18 Å². The number of fused-ring (bicyclic) bond motifs is 3. The van der Waals surface area contributed by atoms with Gasteiger partial charge in [0.1, 0.15) is 5.82 Å². The van der Waals surface area contributed by atoms with Gasteiger partial charge in [-0.2, -0.15) is 4.98 Å². The van der Waals surface area contributed by atoms with E-state index in [2.05, 4.69) is 4.98 Å². The lowest BCUT2D eigenvalue weighted by molar-refractivity contribution is 0.0972. The largest absolute Gasteiger partial charge is 0.332 e. The minimum absolute atomic E-state index is 0.0214. The number of aromatic nitrogens is 5. The summed E-state index contributed by atoms with van der Waals surface area (Å²) in [6.45, 7) is 3.64. The van der Waals surface area contributed by atoms with Crippen LogP contribution in [0.2, 0.25) is 0 Å². The van der Waals surface area contributed by atoms with Gasteiger partial charge in [-0.1, -0.05) is 0 Å². The monoisotopic (exact) mass is 383 g/mol. The molecule has 3 aromatic heterocycles. The fraction of sp³-hybridized carbons (Fsp3) is 0.263. The molecule has 4 aromatic rings. The maximum Gasteiger partial charge on any atom is 0.332 e. The van der Waals surface area contributed by atoms with Crippen LogP contribution >= 0.6 is 0 Å². The van der Waals surface area contributed by atoms with E-state index in [1.54, 1.807) is 16.0 Å². The maximum absolute atomic E-state index is 13.1. The third-order valence-corrected chi connectivity index (χ3v) is 5.21. The molecule has 0 aliphatic heterocycles. The van der Waals surface area contributed by atoms with Crippen molar-refractivity contribution in [3.8, 4) is 0 Å². The number of hydrogen-bond acceptors (Lipinski definition) is 4. The van der Waals surface area contributed by atoms with Gasteiger partial charge in [0, 0.05) is 31.0 Å². The van der Waals surface area contributed by atoms with E-state index < -0.39 is 17.1 Å². The number of rotatable bonds is 3. The fourth-order valence-corrected chi connectivity index (χ4v) is 3.45.